The first-order valence-corrected chi connectivity index (χ1v) is 11.2. The van der Waals surface area contributed by atoms with Gasteiger partial charge in [-0.2, -0.15) is 4.98 Å². The van der Waals surface area contributed by atoms with Crippen LogP contribution in [-0.2, 0) is 4.74 Å². The zero-order chi connectivity index (χ0) is 24.2. The Morgan fingerprint density at radius 2 is 2.09 bits per heavy atom. The molecule has 2 N–H and O–H groups in total. The Morgan fingerprint density at radius 1 is 1.33 bits per heavy atom. The number of benzene rings is 1. The van der Waals surface area contributed by atoms with Crippen LogP contribution in [0.4, 0.5) is 27.9 Å². The van der Waals surface area contributed by atoms with Gasteiger partial charge in [0, 0.05) is 25.3 Å². The highest BCUT2D eigenvalue weighted by Gasteiger charge is 2.28. The van der Waals surface area contributed by atoms with Crippen LogP contribution < -0.4 is 10.6 Å². The topological polar surface area (TPSA) is 123 Å². The first kappa shape index (κ1) is 24.8. The minimum absolute atomic E-state index is 0.0898. The highest BCUT2D eigenvalue weighted by atomic mass is 35.5. The molecule has 1 aromatic carbocycles. The van der Waals surface area contributed by atoms with Gasteiger partial charge in [-0.15, -0.1) is 0 Å². The van der Waals surface area contributed by atoms with Crippen LogP contribution in [0.1, 0.15) is 33.6 Å². The quantitative estimate of drug-likeness (QED) is 0.397. The molecule has 0 aliphatic carbocycles. The van der Waals surface area contributed by atoms with Gasteiger partial charge in [0.05, 0.1) is 15.0 Å². The smallest absolute Gasteiger partial charge is 0.410 e. The van der Waals surface area contributed by atoms with Crippen molar-refractivity contribution in [3.8, 4) is 0 Å². The van der Waals surface area contributed by atoms with E-state index in [4.69, 9.17) is 27.9 Å². The Kier molecular flexibility index (Phi) is 7.80. The molecule has 0 bridgehead atoms. The van der Waals surface area contributed by atoms with E-state index in [9.17, 15) is 14.9 Å². The van der Waals surface area contributed by atoms with Gasteiger partial charge in [-0.1, -0.05) is 23.2 Å². The number of hydrogen-bond acceptors (Lipinski definition) is 8. The number of likely N-dealkylation sites (tertiary alicyclic amines) is 1. The summed E-state index contributed by atoms with van der Waals surface area (Å²) in [7, 11) is 0. The minimum atomic E-state index is -0.568. The molecule has 1 fully saturated rings. The molecule has 0 spiro atoms. The van der Waals surface area contributed by atoms with Gasteiger partial charge in [-0.25, -0.2) is 9.78 Å². The van der Waals surface area contributed by atoms with Gasteiger partial charge >= 0.3 is 11.8 Å². The number of rotatable bonds is 6. The number of amides is 1. The third-order valence-electron chi connectivity index (χ3n) is 4.87. The van der Waals surface area contributed by atoms with Crippen LogP contribution in [0.15, 0.2) is 24.4 Å². The summed E-state index contributed by atoms with van der Waals surface area (Å²) < 4.78 is 5.46. The van der Waals surface area contributed by atoms with Gasteiger partial charge in [-0.3, -0.25) is 10.1 Å². The van der Waals surface area contributed by atoms with E-state index in [-0.39, 0.29) is 29.5 Å². The van der Waals surface area contributed by atoms with E-state index in [1.54, 1.807) is 23.1 Å². The molecule has 1 aromatic heterocycles. The lowest BCUT2D eigenvalue weighted by molar-refractivity contribution is -0.384. The van der Waals surface area contributed by atoms with E-state index in [0.717, 1.165) is 19.0 Å². The molecule has 1 atom stereocenters. The number of nitrogens with zero attached hydrogens (tertiary/aromatic N) is 4. The maximum absolute atomic E-state index is 12.4. The van der Waals surface area contributed by atoms with Crippen molar-refractivity contribution in [2.75, 3.05) is 30.3 Å². The lowest BCUT2D eigenvalue weighted by Crippen LogP contribution is -2.44. The van der Waals surface area contributed by atoms with E-state index in [1.165, 1.54) is 0 Å². The summed E-state index contributed by atoms with van der Waals surface area (Å²) in [5.41, 5.74) is -0.222. The molecule has 1 amide bonds. The summed E-state index contributed by atoms with van der Waals surface area (Å²) >= 11 is 12.0. The maximum Gasteiger partial charge on any atom is 0.410 e. The molecular weight excluding hydrogens is 471 g/mol. The number of nitro groups is 1. The van der Waals surface area contributed by atoms with Crippen molar-refractivity contribution in [3.63, 3.8) is 0 Å². The molecule has 33 heavy (non-hydrogen) atoms. The zero-order valence-electron chi connectivity index (χ0n) is 18.6. The molecule has 0 saturated carbocycles. The third-order valence-corrected chi connectivity index (χ3v) is 5.61. The second kappa shape index (κ2) is 10.4. The summed E-state index contributed by atoms with van der Waals surface area (Å²) in [5, 5.41) is 18.2. The molecule has 0 radical (unpaired) electrons. The number of anilines is 3. The van der Waals surface area contributed by atoms with Gasteiger partial charge in [-0.05, 0) is 57.7 Å². The SMILES string of the molecule is CC(C)(C)OC(=O)N1CCC[C@@H](CNc2nc(Nc3ccc(Cl)c(Cl)c3)ncc2[N+](=O)[O-])C1. The second-order valence-electron chi connectivity index (χ2n) is 8.75. The van der Waals surface area contributed by atoms with Gasteiger partial charge in [0.2, 0.25) is 11.8 Å². The summed E-state index contributed by atoms with van der Waals surface area (Å²) in [4.78, 5) is 33.3. The Labute approximate surface area is 201 Å². The normalized spacial score (nSPS) is 16.3. The zero-order valence-corrected chi connectivity index (χ0v) is 20.1. The first-order chi connectivity index (χ1) is 15.5. The average molecular weight is 497 g/mol. The summed E-state index contributed by atoms with van der Waals surface area (Å²) in [6.45, 7) is 7.00. The van der Waals surface area contributed by atoms with Crippen LogP contribution in [0.5, 0.6) is 0 Å². The fourth-order valence-electron chi connectivity index (χ4n) is 3.37. The molecule has 2 aromatic rings. The summed E-state index contributed by atoms with van der Waals surface area (Å²) in [6.07, 6.45) is 2.48. The number of halogens is 2. The van der Waals surface area contributed by atoms with Crippen LogP contribution in [-0.4, -0.2) is 51.1 Å². The van der Waals surface area contributed by atoms with Crippen molar-refractivity contribution in [1.29, 1.82) is 0 Å². The Balaban J connectivity index is 1.68. The van der Waals surface area contributed by atoms with Gasteiger partial charge in [0.1, 0.15) is 11.8 Å². The number of ether oxygens (including phenoxy) is 1. The number of hydrogen-bond donors (Lipinski definition) is 2. The van der Waals surface area contributed by atoms with Crippen LogP contribution in [0, 0.1) is 16.0 Å². The van der Waals surface area contributed by atoms with Gasteiger partial charge < -0.3 is 20.3 Å². The summed E-state index contributed by atoms with van der Waals surface area (Å²) in [6, 6.07) is 4.92. The van der Waals surface area contributed by atoms with Crippen molar-refractivity contribution >= 4 is 52.4 Å². The molecule has 10 nitrogen and oxygen atoms in total. The Bertz CT molecular complexity index is 1030. The first-order valence-electron chi connectivity index (χ1n) is 10.5. The lowest BCUT2D eigenvalue weighted by Gasteiger charge is -2.34. The molecule has 3 rings (SSSR count). The third kappa shape index (κ3) is 7.06. The molecule has 0 unspecified atom stereocenters. The Morgan fingerprint density at radius 3 is 2.76 bits per heavy atom. The Hall–Kier alpha value is -2.85. The van der Waals surface area contributed by atoms with Crippen molar-refractivity contribution < 1.29 is 14.5 Å². The van der Waals surface area contributed by atoms with Crippen LogP contribution >= 0.6 is 23.2 Å². The standard InChI is InChI=1S/C21H26Cl2N6O4/c1-21(2,3)33-20(30)28-8-4-5-13(12-28)10-24-18-17(29(31)32)11-25-19(27-18)26-14-6-7-15(22)16(23)9-14/h6-7,9,11,13H,4-5,8,10,12H2,1-3H3,(H2,24,25,26,27)/t13-/m0/s1. The summed E-state index contributed by atoms with van der Waals surface area (Å²) in [5.74, 6) is 0.347. The van der Waals surface area contributed by atoms with Crippen molar-refractivity contribution in [3.05, 3.63) is 44.6 Å². The van der Waals surface area contributed by atoms with Crippen LogP contribution in [0.25, 0.3) is 0 Å². The van der Waals surface area contributed by atoms with Gasteiger partial charge in [0.25, 0.3) is 0 Å². The van der Waals surface area contributed by atoms with Crippen LogP contribution in [0.3, 0.4) is 0 Å². The number of carbonyl (C=O) groups excluding carboxylic acids is 1. The number of nitrogens with one attached hydrogen (secondary N) is 2. The molecular formula is C21H26Cl2N6O4. The largest absolute Gasteiger partial charge is 0.444 e. The molecule has 12 heteroatoms. The van der Waals surface area contributed by atoms with Crippen LogP contribution in [0.2, 0.25) is 10.0 Å². The molecule has 178 valence electrons. The molecule has 1 aliphatic rings. The highest BCUT2D eigenvalue weighted by molar-refractivity contribution is 6.42. The number of piperidine rings is 1. The predicted molar refractivity (Wildman–Crippen MR) is 127 cm³/mol. The lowest BCUT2D eigenvalue weighted by atomic mass is 9.98. The van der Waals surface area contributed by atoms with E-state index in [1.807, 2.05) is 20.8 Å². The predicted octanol–water partition coefficient (Wildman–Crippen LogP) is 5.49. The van der Waals surface area contributed by atoms with Gasteiger partial charge in [0.15, 0.2) is 0 Å². The fourth-order valence-corrected chi connectivity index (χ4v) is 3.67. The van der Waals surface area contributed by atoms with Crippen molar-refractivity contribution in [1.82, 2.24) is 14.9 Å². The number of carbonyl (C=O) groups is 1. The molecule has 1 saturated heterocycles. The van der Waals surface area contributed by atoms with E-state index >= 15 is 0 Å². The van der Waals surface area contributed by atoms with Crippen molar-refractivity contribution in [2.24, 2.45) is 5.92 Å². The molecule has 1 aliphatic heterocycles. The van der Waals surface area contributed by atoms with E-state index in [0.29, 0.717) is 35.4 Å². The average Bonchev–Trinajstić information content (AvgIpc) is 2.74. The van der Waals surface area contributed by atoms with E-state index in [2.05, 4.69) is 20.6 Å². The van der Waals surface area contributed by atoms with E-state index < -0.39 is 10.5 Å². The fraction of sp³-hybridized carbons (Fsp3) is 0.476. The minimum Gasteiger partial charge on any atom is -0.444 e. The highest BCUT2D eigenvalue weighted by Crippen LogP contribution is 2.28. The van der Waals surface area contributed by atoms with Crippen molar-refractivity contribution in [2.45, 2.75) is 39.2 Å². The molecule has 2 heterocycles. The second-order valence-corrected chi connectivity index (χ2v) is 9.57. The monoisotopic (exact) mass is 496 g/mol. The number of aromatic nitrogens is 2. The maximum atomic E-state index is 12.4.